The third-order valence-electron chi connectivity index (χ3n) is 8.22. The van der Waals surface area contributed by atoms with E-state index >= 15 is 0 Å². The molecule has 4 heteroatoms. The molecule has 0 aromatic heterocycles. The minimum Gasteiger partial charge on any atom is -0.0683 e. The van der Waals surface area contributed by atoms with Gasteiger partial charge in [0, 0.05) is 151 Å². The van der Waals surface area contributed by atoms with Gasteiger partial charge in [0.1, 0.15) is 0 Å². The smallest absolute Gasteiger partial charge is 0 e. The first-order valence-electron chi connectivity index (χ1n) is 22.6. The molecule has 0 spiro atoms. The summed E-state index contributed by atoms with van der Waals surface area (Å²) in [6, 6.07) is 17.7. The van der Waals surface area contributed by atoms with Crippen LogP contribution in [0, 0.1) is 179 Å². The summed E-state index contributed by atoms with van der Waals surface area (Å²) in [5.41, 5.74) is 12.7. The summed E-state index contributed by atoms with van der Waals surface area (Å²) in [7, 11) is 0. The van der Waals surface area contributed by atoms with Crippen molar-refractivity contribution in [1.82, 2.24) is 0 Å². The van der Waals surface area contributed by atoms with Crippen molar-refractivity contribution in [2.45, 2.75) is 218 Å². The van der Waals surface area contributed by atoms with Gasteiger partial charge in [-0.15, -0.1) is 0 Å². The van der Waals surface area contributed by atoms with E-state index in [-0.39, 0.29) is 151 Å². The maximum Gasteiger partial charge on any atom is 0 e. The van der Waals surface area contributed by atoms with E-state index in [1.165, 1.54) is 95.2 Å². The molecule has 0 fully saturated rings. The molecular weight excluding hydrogens is 784 g/mol. The van der Waals surface area contributed by atoms with Crippen LogP contribution in [0.2, 0.25) is 0 Å². The summed E-state index contributed by atoms with van der Waals surface area (Å²) >= 11 is 0. The third kappa shape index (κ3) is 28.2. The predicted molar refractivity (Wildman–Crippen MR) is 254 cm³/mol. The summed E-state index contributed by atoms with van der Waals surface area (Å²) in [4.78, 5) is 0. The Labute approximate surface area is 475 Å². The number of aryl methyl sites for hydroxylation is 4. The Hall–Kier alpha value is 2.44. The molecule has 6 rings (SSSR count). The molecule has 336 valence electrons. The Bertz CT molecular complexity index is 1120. The zero-order valence-corrected chi connectivity index (χ0v) is 44.5. The molecule has 0 unspecified atom stereocenters. The Morgan fingerprint density at radius 1 is 0.250 bits per heavy atom. The normalized spacial score (nSPS) is 9.71. The largest absolute Gasteiger partial charge is 0.0683 e. The number of benzene rings is 4. The van der Waals surface area contributed by atoms with Crippen molar-refractivity contribution in [1.29, 1.82) is 0 Å². The fourth-order valence-corrected chi connectivity index (χ4v) is 6.39. The molecule has 0 amide bonds. The standard InChI is InChI=1S/2C16H18.10C2H6.4Ar/c2*1-11-13-7-3-5-9-15(13)12(2)16-10-6-4-8-14(11)16;10*1-2;;;;/h2*3,5,7,9H,4,6,8,10H2,1-2H3;10*1-2H3;;;;. The minimum absolute atomic E-state index is 0. The fraction of sp³-hybridized carbons (Fsp3) is 0.615. The van der Waals surface area contributed by atoms with E-state index in [9.17, 15) is 0 Å². The second-order valence-electron chi connectivity index (χ2n) is 9.92. The van der Waals surface area contributed by atoms with E-state index in [4.69, 9.17) is 0 Å². The van der Waals surface area contributed by atoms with Gasteiger partial charge in [-0.25, -0.2) is 0 Å². The summed E-state index contributed by atoms with van der Waals surface area (Å²) < 4.78 is 0. The van der Waals surface area contributed by atoms with E-state index in [0.717, 1.165) is 0 Å². The molecule has 0 N–H and O–H groups in total. The molecule has 0 radical (unpaired) electrons. The summed E-state index contributed by atoms with van der Waals surface area (Å²) in [6.07, 6.45) is 10.6. The molecular formula is C52H96Ar4. The van der Waals surface area contributed by atoms with Crippen LogP contribution in [0.25, 0.3) is 21.5 Å². The van der Waals surface area contributed by atoms with Crippen molar-refractivity contribution in [3.05, 3.63) is 93.0 Å². The Kier molecular flexibility index (Phi) is 90.6. The molecule has 0 bridgehead atoms. The topological polar surface area (TPSA) is 0 Å². The summed E-state index contributed by atoms with van der Waals surface area (Å²) in [5.74, 6) is 0. The molecule has 0 nitrogen and oxygen atoms in total. The monoisotopic (exact) mass is 881 g/mol. The SMILES string of the molecule is CC.CC.CC.CC.CC.CC.CC.CC.CC.CC.Cc1c2c(c(C)c3ccccc13)CCCC2.Cc1c2c(c(C)c3ccccc13)CCCC2.[Ar].[Ar].[Ar].[Ar]. The van der Waals surface area contributed by atoms with Crippen molar-refractivity contribution in [2.75, 3.05) is 0 Å². The van der Waals surface area contributed by atoms with Crippen LogP contribution in [0.1, 0.15) is 209 Å². The van der Waals surface area contributed by atoms with E-state index in [0.29, 0.717) is 0 Å². The van der Waals surface area contributed by atoms with Crippen LogP contribution < -0.4 is 0 Å². The van der Waals surface area contributed by atoms with E-state index < -0.39 is 0 Å². The quantitative estimate of drug-likeness (QED) is 0.165. The van der Waals surface area contributed by atoms with Gasteiger partial charge in [-0.05, 0) is 145 Å². The molecule has 2 aliphatic carbocycles. The van der Waals surface area contributed by atoms with Crippen LogP contribution in [0.4, 0.5) is 0 Å². The Morgan fingerprint density at radius 2 is 0.375 bits per heavy atom. The van der Waals surface area contributed by atoms with Crippen LogP contribution in [0.15, 0.2) is 48.5 Å². The Balaban J connectivity index is -0.0000000624. The Morgan fingerprint density at radius 3 is 0.500 bits per heavy atom. The number of fused-ring (bicyclic) bond motifs is 4. The van der Waals surface area contributed by atoms with Gasteiger partial charge in [-0.2, -0.15) is 0 Å². The van der Waals surface area contributed by atoms with Gasteiger partial charge in [0.2, 0.25) is 0 Å². The average Bonchev–Trinajstić information content (AvgIpc) is 3.29. The van der Waals surface area contributed by atoms with Gasteiger partial charge >= 0.3 is 0 Å². The van der Waals surface area contributed by atoms with Crippen molar-refractivity contribution in [3.63, 3.8) is 0 Å². The summed E-state index contributed by atoms with van der Waals surface area (Å²) in [5, 5.41) is 5.84. The molecule has 0 heterocycles. The van der Waals surface area contributed by atoms with Crippen LogP contribution in [-0.2, 0) is 25.7 Å². The van der Waals surface area contributed by atoms with Gasteiger partial charge in [0.15, 0.2) is 0 Å². The van der Waals surface area contributed by atoms with E-state index in [1.54, 1.807) is 22.3 Å². The zero-order valence-electron chi connectivity index (χ0n) is 41.7. The van der Waals surface area contributed by atoms with Crippen LogP contribution in [-0.4, -0.2) is 0 Å². The first-order valence-corrected chi connectivity index (χ1v) is 22.6. The maximum absolute atomic E-state index is 2.30. The van der Waals surface area contributed by atoms with Crippen molar-refractivity contribution >= 4 is 21.5 Å². The minimum atomic E-state index is 0. The number of hydrogen-bond donors (Lipinski definition) is 0. The van der Waals surface area contributed by atoms with Crippen LogP contribution in [0.5, 0.6) is 0 Å². The van der Waals surface area contributed by atoms with Crippen molar-refractivity contribution < 1.29 is 151 Å². The van der Waals surface area contributed by atoms with Crippen LogP contribution in [0.3, 0.4) is 0 Å². The van der Waals surface area contributed by atoms with Gasteiger partial charge in [0.05, 0.1) is 0 Å². The van der Waals surface area contributed by atoms with Gasteiger partial charge in [-0.3, -0.25) is 0 Å². The third-order valence-corrected chi connectivity index (χ3v) is 8.22. The first kappa shape index (κ1) is 82.2. The predicted octanol–water partition coefficient (Wildman–Crippen LogP) is 18.9. The first-order chi connectivity index (χ1) is 25.6. The molecule has 2 aliphatic rings. The molecule has 0 atom stereocenters. The summed E-state index contributed by atoms with van der Waals surface area (Å²) in [6.45, 7) is 49.2. The van der Waals surface area contributed by atoms with Gasteiger partial charge in [0.25, 0.3) is 0 Å². The van der Waals surface area contributed by atoms with Crippen molar-refractivity contribution in [3.8, 4) is 0 Å². The second-order valence-corrected chi connectivity index (χ2v) is 9.92. The van der Waals surface area contributed by atoms with Crippen LogP contribution >= 0.6 is 0 Å². The molecule has 4 aromatic carbocycles. The molecule has 56 heavy (non-hydrogen) atoms. The average molecular weight is 881 g/mol. The fourth-order valence-electron chi connectivity index (χ4n) is 6.39. The van der Waals surface area contributed by atoms with Crippen molar-refractivity contribution in [2.24, 2.45) is 0 Å². The molecule has 4 aromatic rings. The maximum atomic E-state index is 2.30. The molecule has 0 aliphatic heterocycles. The van der Waals surface area contributed by atoms with Gasteiger partial charge in [-0.1, -0.05) is 187 Å². The molecule has 0 saturated carbocycles. The zero-order chi connectivity index (χ0) is 42.2. The second kappa shape index (κ2) is 61.7. The van der Waals surface area contributed by atoms with E-state index in [1.807, 2.05) is 138 Å². The number of hydrogen-bond acceptors (Lipinski definition) is 0. The van der Waals surface area contributed by atoms with Gasteiger partial charge < -0.3 is 0 Å². The number of rotatable bonds is 0. The van der Waals surface area contributed by atoms with E-state index in [2.05, 4.69) is 76.2 Å². The molecule has 0 saturated heterocycles.